The minimum absolute atomic E-state index is 0.163. The lowest BCUT2D eigenvalue weighted by molar-refractivity contribution is -0.140. The summed E-state index contributed by atoms with van der Waals surface area (Å²) in [4.78, 5) is 31.9. The van der Waals surface area contributed by atoms with Crippen LogP contribution in [0, 0.1) is 11.8 Å². The molecule has 1 fully saturated rings. The Morgan fingerprint density at radius 2 is 1.97 bits per heavy atom. The molecule has 1 atom stereocenters. The maximum absolute atomic E-state index is 13.2. The van der Waals surface area contributed by atoms with Gasteiger partial charge in [0.1, 0.15) is 23.2 Å². The first-order valence-corrected chi connectivity index (χ1v) is 11.6. The number of aryl methyl sites for hydroxylation is 1. The summed E-state index contributed by atoms with van der Waals surface area (Å²) in [6, 6.07) is 17.4. The number of nitrogens with zero attached hydrogens (tertiary/aromatic N) is 2. The number of anilines is 1. The van der Waals surface area contributed by atoms with E-state index in [0.29, 0.717) is 29.9 Å². The molecule has 2 aliphatic heterocycles. The molecule has 0 aliphatic carbocycles. The summed E-state index contributed by atoms with van der Waals surface area (Å²) in [6.45, 7) is 0.391. The molecule has 1 saturated heterocycles. The number of pyridine rings is 1. The maximum Gasteiger partial charge on any atom is 0.270 e. The summed E-state index contributed by atoms with van der Waals surface area (Å²) in [5.74, 6) is 6.25. The van der Waals surface area contributed by atoms with Gasteiger partial charge in [-0.2, -0.15) is 0 Å². The first-order chi connectivity index (χ1) is 17.4. The average molecular weight is 484 g/mol. The van der Waals surface area contributed by atoms with Crippen molar-refractivity contribution in [3.8, 4) is 23.3 Å². The summed E-state index contributed by atoms with van der Waals surface area (Å²) in [5.41, 5.74) is 1.46. The van der Waals surface area contributed by atoms with Crippen molar-refractivity contribution in [1.29, 1.82) is 0 Å². The van der Waals surface area contributed by atoms with E-state index in [1.54, 1.807) is 24.1 Å². The number of likely N-dealkylation sites (N-methyl/N-ethyl adjacent to an activating group) is 1. The quantitative estimate of drug-likeness (QED) is 0.554. The Morgan fingerprint density at radius 3 is 2.72 bits per heavy atom. The van der Waals surface area contributed by atoms with Crippen LogP contribution in [-0.2, 0) is 16.0 Å². The van der Waals surface area contributed by atoms with Gasteiger partial charge in [-0.05, 0) is 48.7 Å². The lowest BCUT2D eigenvalue weighted by Gasteiger charge is -2.30. The van der Waals surface area contributed by atoms with Gasteiger partial charge in [-0.1, -0.05) is 36.1 Å². The number of carbonyl (C=O) groups excluding carboxylic acids is 2. The number of nitrogens with one attached hydrogen (secondary N) is 1. The van der Waals surface area contributed by atoms with Crippen LogP contribution in [0.15, 0.2) is 66.9 Å². The van der Waals surface area contributed by atoms with E-state index in [9.17, 15) is 14.7 Å². The van der Waals surface area contributed by atoms with Crippen molar-refractivity contribution in [2.75, 3.05) is 25.2 Å². The monoisotopic (exact) mass is 483 g/mol. The molecular formula is C28H25N3O5. The predicted octanol–water partition coefficient (Wildman–Crippen LogP) is 2.69. The lowest BCUT2D eigenvalue weighted by Crippen LogP contribution is -2.48. The fourth-order valence-electron chi connectivity index (χ4n) is 4.09. The fourth-order valence-corrected chi connectivity index (χ4v) is 4.09. The number of rotatable bonds is 4. The van der Waals surface area contributed by atoms with E-state index in [1.807, 2.05) is 48.5 Å². The number of aliphatic hydroxyl groups is 1. The van der Waals surface area contributed by atoms with Crippen LogP contribution < -0.4 is 15.0 Å². The highest BCUT2D eigenvalue weighted by Crippen LogP contribution is 2.28. The minimum atomic E-state index is -1.11. The first-order valence-electron chi connectivity index (χ1n) is 11.6. The van der Waals surface area contributed by atoms with E-state index in [1.165, 1.54) is 6.20 Å². The molecule has 1 aromatic heterocycles. The zero-order valence-corrected chi connectivity index (χ0v) is 19.7. The Morgan fingerprint density at radius 1 is 1.17 bits per heavy atom. The number of para-hydroxylation sites is 1. The summed E-state index contributed by atoms with van der Waals surface area (Å²) >= 11 is 0. The number of hydrogen-bond acceptors (Lipinski definition) is 6. The van der Waals surface area contributed by atoms with Gasteiger partial charge >= 0.3 is 0 Å². The van der Waals surface area contributed by atoms with Crippen molar-refractivity contribution in [2.24, 2.45) is 0 Å². The van der Waals surface area contributed by atoms with E-state index >= 15 is 0 Å². The molecule has 3 heterocycles. The van der Waals surface area contributed by atoms with E-state index in [4.69, 9.17) is 9.47 Å². The molecule has 8 nitrogen and oxygen atoms in total. The van der Waals surface area contributed by atoms with Crippen molar-refractivity contribution in [1.82, 2.24) is 10.3 Å². The minimum Gasteiger partial charge on any atom is -0.457 e. The highest BCUT2D eigenvalue weighted by atomic mass is 16.5. The Bertz CT molecular complexity index is 1360. The smallest absolute Gasteiger partial charge is 0.270 e. The van der Waals surface area contributed by atoms with Crippen molar-refractivity contribution in [3.05, 3.63) is 83.7 Å². The molecule has 0 bridgehead atoms. The Kier molecular flexibility index (Phi) is 6.42. The second-order valence-corrected chi connectivity index (χ2v) is 8.87. The number of ether oxygens (including phenoxy) is 2. The number of hydrogen-bond donors (Lipinski definition) is 2. The van der Waals surface area contributed by atoms with E-state index in [2.05, 4.69) is 22.1 Å². The van der Waals surface area contributed by atoms with Gasteiger partial charge < -0.3 is 24.8 Å². The van der Waals surface area contributed by atoms with Gasteiger partial charge in [-0.15, -0.1) is 0 Å². The second kappa shape index (κ2) is 9.82. The molecule has 2 aromatic carbocycles. The van der Waals surface area contributed by atoms with E-state index < -0.39 is 17.6 Å². The Hall–Kier alpha value is -4.19. The molecule has 36 heavy (non-hydrogen) atoms. The average Bonchev–Trinajstić information content (AvgIpc) is 2.99. The van der Waals surface area contributed by atoms with Crippen LogP contribution in [-0.4, -0.2) is 53.8 Å². The highest BCUT2D eigenvalue weighted by molar-refractivity contribution is 6.02. The van der Waals surface area contributed by atoms with Crippen LogP contribution >= 0.6 is 0 Å². The molecule has 0 radical (unpaired) electrons. The molecule has 2 amide bonds. The SMILES string of the molecule is CN1C(=O)[C@@H](NC(=O)c2cc(Oc3ccccc3)ccn2)CCc2ccc(C#CC3(O)COC3)cc21. The zero-order chi connectivity index (χ0) is 25.1. The van der Waals surface area contributed by atoms with Crippen molar-refractivity contribution in [3.63, 3.8) is 0 Å². The number of aromatic nitrogens is 1. The van der Waals surface area contributed by atoms with Crippen LogP contribution in [0.1, 0.15) is 28.0 Å². The molecule has 182 valence electrons. The molecule has 8 heteroatoms. The third-order valence-corrected chi connectivity index (χ3v) is 6.15. The number of benzene rings is 2. The summed E-state index contributed by atoms with van der Waals surface area (Å²) in [5, 5.41) is 13.0. The molecular weight excluding hydrogens is 458 g/mol. The molecule has 0 unspecified atom stereocenters. The van der Waals surface area contributed by atoms with Gasteiger partial charge in [-0.3, -0.25) is 14.6 Å². The van der Waals surface area contributed by atoms with Crippen molar-refractivity contribution < 1.29 is 24.2 Å². The Balaban J connectivity index is 1.29. The lowest BCUT2D eigenvalue weighted by atomic mass is 10.0. The predicted molar refractivity (Wildman–Crippen MR) is 133 cm³/mol. The summed E-state index contributed by atoms with van der Waals surface area (Å²) < 4.78 is 10.8. The topological polar surface area (TPSA) is 101 Å². The fraction of sp³-hybridized carbons (Fsp3) is 0.250. The normalized spacial score (nSPS) is 18.1. The molecule has 3 aromatic rings. The number of fused-ring (bicyclic) bond motifs is 1. The Labute approximate surface area is 208 Å². The third-order valence-electron chi connectivity index (χ3n) is 6.15. The van der Waals surface area contributed by atoms with Crippen molar-refractivity contribution in [2.45, 2.75) is 24.5 Å². The first kappa shape index (κ1) is 23.5. The van der Waals surface area contributed by atoms with Crippen LogP contribution in [0.4, 0.5) is 5.69 Å². The molecule has 5 rings (SSSR count). The standard InChI is InChI=1S/C28H25N3O5/c1-31-25-15-19(11-13-28(34)17-35-18-28)7-8-20(25)9-10-23(27(31)33)30-26(32)24-16-22(12-14-29-24)36-21-5-3-2-4-6-21/h2-8,12,14-16,23,34H,9-10,17-18H2,1H3,(H,30,32)/t23-/m0/s1. The van der Waals surface area contributed by atoms with Gasteiger partial charge in [-0.25, -0.2) is 0 Å². The van der Waals surface area contributed by atoms with Gasteiger partial charge in [0.25, 0.3) is 5.91 Å². The van der Waals surface area contributed by atoms with Crippen LogP contribution in [0.3, 0.4) is 0 Å². The van der Waals surface area contributed by atoms with Crippen LogP contribution in [0.5, 0.6) is 11.5 Å². The van der Waals surface area contributed by atoms with E-state index in [0.717, 1.165) is 11.3 Å². The maximum atomic E-state index is 13.2. The molecule has 0 spiro atoms. The van der Waals surface area contributed by atoms with Gasteiger partial charge in [0.15, 0.2) is 5.60 Å². The largest absolute Gasteiger partial charge is 0.457 e. The zero-order valence-electron chi connectivity index (χ0n) is 19.7. The van der Waals surface area contributed by atoms with Gasteiger partial charge in [0.05, 0.1) is 13.2 Å². The number of carbonyl (C=O) groups is 2. The number of amides is 2. The third kappa shape index (κ3) is 5.08. The molecule has 2 N–H and O–H groups in total. The second-order valence-electron chi connectivity index (χ2n) is 8.87. The van der Waals surface area contributed by atoms with Gasteiger partial charge in [0.2, 0.25) is 5.91 Å². The highest BCUT2D eigenvalue weighted by Gasteiger charge is 2.34. The van der Waals surface area contributed by atoms with Gasteiger partial charge in [0, 0.05) is 30.6 Å². The summed E-state index contributed by atoms with van der Waals surface area (Å²) in [7, 11) is 1.68. The van der Waals surface area contributed by atoms with Crippen LogP contribution in [0.2, 0.25) is 0 Å². The van der Waals surface area contributed by atoms with E-state index in [-0.39, 0.29) is 24.8 Å². The summed E-state index contributed by atoms with van der Waals surface area (Å²) in [6.07, 6.45) is 2.55. The molecule has 2 aliphatic rings. The van der Waals surface area contributed by atoms with Crippen molar-refractivity contribution >= 4 is 17.5 Å². The molecule has 0 saturated carbocycles. The van der Waals surface area contributed by atoms with Crippen LogP contribution in [0.25, 0.3) is 0 Å².